The van der Waals surface area contributed by atoms with Gasteiger partial charge in [-0.15, -0.1) is 0 Å². The number of pyridine rings is 1. The first-order valence-electron chi connectivity index (χ1n) is 8.68. The number of nitrogens with one attached hydrogen (secondary N) is 2. The molecule has 3 aromatic rings. The molecule has 0 saturated carbocycles. The van der Waals surface area contributed by atoms with Crippen molar-refractivity contribution in [2.24, 2.45) is 5.92 Å². The molecule has 0 spiro atoms. The second-order valence-corrected chi connectivity index (χ2v) is 8.39. The van der Waals surface area contributed by atoms with E-state index in [0.29, 0.717) is 22.8 Å². The van der Waals surface area contributed by atoms with Crippen molar-refractivity contribution in [1.29, 1.82) is 0 Å². The fraction of sp³-hybridized carbons (Fsp3) is 0.316. The van der Waals surface area contributed by atoms with E-state index in [1.165, 1.54) is 11.3 Å². The van der Waals surface area contributed by atoms with Gasteiger partial charge in [-0.25, -0.2) is 9.97 Å². The first-order chi connectivity index (χ1) is 13.0. The van der Waals surface area contributed by atoms with Crippen LogP contribution in [0.25, 0.3) is 10.2 Å². The molecule has 0 aliphatic rings. The lowest BCUT2D eigenvalue weighted by molar-refractivity contribution is 0.102. The van der Waals surface area contributed by atoms with Gasteiger partial charge in [0.05, 0.1) is 16.8 Å². The van der Waals surface area contributed by atoms with Crippen LogP contribution in [0.4, 0.5) is 10.8 Å². The SMILES string of the molecule is CC(C)Cc1cc2nc(NCCO)sc2cc1NC(=O)c1cccc(Br)n1. The van der Waals surface area contributed by atoms with Crippen LogP contribution in [0, 0.1) is 5.92 Å². The third-order valence-electron chi connectivity index (χ3n) is 3.83. The van der Waals surface area contributed by atoms with Crippen molar-refractivity contribution in [1.82, 2.24) is 9.97 Å². The zero-order chi connectivity index (χ0) is 19.4. The van der Waals surface area contributed by atoms with Gasteiger partial charge in [0.25, 0.3) is 5.91 Å². The summed E-state index contributed by atoms with van der Waals surface area (Å²) in [5.41, 5.74) is 3.06. The highest BCUT2D eigenvalue weighted by molar-refractivity contribution is 9.10. The highest BCUT2D eigenvalue weighted by atomic mass is 79.9. The Hall–Kier alpha value is -2.03. The molecular formula is C19H21BrN4O2S. The van der Waals surface area contributed by atoms with Crippen LogP contribution in [0.2, 0.25) is 0 Å². The van der Waals surface area contributed by atoms with Crippen molar-refractivity contribution in [3.05, 3.63) is 46.2 Å². The number of carbonyl (C=O) groups is 1. The third kappa shape index (κ3) is 5.03. The average Bonchev–Trinajstić information content (AvgIpc) is 3.01. The third-order valence-corrected chi connectivity index (χ3v) is 5.24. The van der Waals surface area contributed by atoms with Gasteiger partial charge in [0.2, 0.25) is 0 Å². The summed E-state index contributed by atoms with van der Waals surface area (Å²) in [4.78, 5) is 21.4. The lowest BCUT2D eigenvalue weighted by Gasteiger charge is -2.13. The number of amides is 1. The van der Waals surface area contributed by atoms with Crippen LogP contribution in [-0.4, -0.2) is 34.1 Å². The molecule has 0 bridgehead atoms. The predicted octanol–water partition coefficient (Wildman–Crippen LogP) is 4.31. The Morgan fingerprint density at radius 3 is 2.81 bits per heavy atom. The first-order valence-corrected chi connectivity index (χ1v) is 10.3. The number of carbonyl (C=O) groups excluding carboxylic acids is 1. The Balaban J connectivity index is 1.94. The summed E-state index contributed by atoms with van der Waals surface area (Å²) in [5.74, 6) is 0.191. The summed E-state index contributed by atoms with van der Waals surface area (Å²) in [6.07, 6.45) is 0.828. The summed E-state index contributed by atoms with van der Waals surface area (Å²) in [6, 6.07) is 9.24. The van der Waals surface area contributed by atoms with E-state index in [2.05, 4.69) is 50.4 Å². The summed E-state index contributed by atoms with van der Waals surface area (Å²) in [5, 5.41) is 15.8. The van der Waals surface area contributed by atoms with Gasteiger partial charge in [0, 0.05) is 12.2 Å². The van der Waals surface area contributed by atoms with Crippen LogP contribution in [0.3, 0.4) is 0 Å². The van der Waals surface area contributed by atoms with Crippen LogP contribution < -0.4 is 10.6 Å². The minimum absolute atomic E-state index is 0.0511. The van der Waals surface area contributed by atoms with Gasteiger partial charge in [-0.3, -0.25) is 4.79 Å². The lowest BCUT2D eigenvalue weighted by atomic mass is 10.0. The Morgan fingerprint density at radius 1 is 1.30 bits per heavy atom. The number of aliphatic hydroxyl groups excluding tert-OH is 1. The fourth-order valence-corrected chi connectivity index (χ4v) is 3.96. The number of hydrogen-bond acceptors (Lipinski definition) is 6. The van der Waals surface area contributed by atoms with E-state index in [1.807, 2.05) is 12.1 Å². The van der Waals surface area contributed by atoms with E-state index < -0.39 is 0 Å². The molecule has 0 radical (unpaired) electrons. The standard InChI is InChI=1S/C19H21BrN4O2S/c1-11(2)8-12-9-15-16(27-19(24-15)21-6-7-25)10-14(12)23-18(26)13-4-3-5-17(20)22-13/h3-5,9-11,25H,6-8H2,1-2H3,(H,21,24)(H,23,26). The van der Waals surface area contributed by atoms with Crippen LogP contribution >= 0.6 is 27.3 Å². The fourth-order valence-electron chi connectivity index (χ4n) is 2.70. The van der Waals surface area contributed by atoms with Gasteiger partial charge >= 0.3 is 0 Å². The number of benzene rings is 1. The number of fused-ring (bicyclic) bond motifs is 1. The molecule has 3 rings (SSSR count). The molecule has 2 aromatic heterocycles. The quantitative estimate of drug-likeness (QED) is 0.468. The van der Waals surface area contributed by atoms with Crippen molar-refractivity contribution < 1.29 is 9.90 Å². The molecule has 1 amide bonds. The zero-order valence-corrected chi connectivity index (χ0v) is 17.5. The van der Waals surface area contributed by atoms with Crippen molar-refractivity contribution in [3.8, 4) is 0 Å². The molecule has 0 saturated heterocycles. The Labute approximate surface area is 170 Å². The van der Waals surface area contributed by atoms with Gasteiger partial charge in [0.1, 0.15) is 10.3 Å². The molecule has 27 heavy (non-hydrogen) atoms. The van der Waals surface area contributed by atoms with Gasteiger partial charge in [0.15, 0.2) is 5.13 Å². The number of halogens is 1. The van der Waals surface area contributed by atoms with Gasteiger partial charge in [-0.2, -0.15) is 0 Å². The molecule has 142 valence electrons. The molecular weight excluding hydrogens is 428 g/mol. The number of hydrogen-bond donors (Lipinski definition) is 3. The van der Waals surface area contributed by atoms with E-state index in [0.717, 1.165) is 33.0 Å². The van der Waals surface area contributed by atoms with Crippen molar-refractivity contribution in [2.45, 2.75) is 20.3 Å². The van der Waals surface area contributed by atoms with E-state index in [4.69, 9.17) is 5.11 Å². The summed E-state index contributed by atoms with van der Waals surface area (Å²) >= 11 is 4.79. The molecule has 0 unspecified atom stereocenters. The molecule has 0 fully saturated rings. The van der Waals surface area contributed by atoms with E-state index in [9.17, 15) is 4.79 Å². The maximum absolute atomic E-state index is 12.6. The second-order valence-electron chi connectivity index (χ2n) is 6.54. The van der Waals surface area contributed by atoms with Crippen LogP contribution in [0.5, 0.6) is 0 Å². The van der Waals surface area contributed by atoms with E-state index in [-0.39, 0.29) is 12.5 Å². The zero-order valence-electron chi connectivity index (χ0n) is 15.1. The number of nitrogens with zero attached hydrogens (tertiary/aromatic N) is 2. The summed E-state index contributed by atoms with van der Waals surface area (Å²) in [6.45, 7) is 4.79. The number of rotatable bonds is 7. The normalized spacial score (nSPS) is 11.1. The van der Waals surface area contributed by atoms with Crippen molar-refractivity contribution in [3.63, 3.8) is 0 Å². The second kappa shape index (κ2) is 8.77. The number of aromatic nitrogens is 2. The largest absolute Gasteiger partial charge is 0.395 e. The number of thiazole rings is 1. The Kier molecular flexibility index (Phi) is 6.41. The number of anilines is 2. The molecule has 8 heteroatoms. The highest BCUT2D eigenvalue weighted by Gasteiger charge is 2.15. The van der Waals surface area contributed by atoms with Crippen molar-refractivity contribution in [2.75, 3.05) is 23.8 Å². The van der Waals surface area contributed by atoms with Crippen molar-refractivity contribution >= 4 is 54.2 Å². The molecule has 0 atom stereocenters. The minimum Gasteiger partial charge on any atom is -0.395 e. The van der Waals surface area contributed by atoms with E-state index >= 15 is 0 Å². The predicted molar refractivity (Wildman–Crippen MR) is 114 cm³/mol. The van der Waals surface area contributed by atoms with Gasteiger partial charge in [-0.05, 0) is 58.1 Å². The summed E-state index contributed by atoms with van der Waals surface area (Å²) in [7, 11) is 0. The van der Waals surface area contributed by atoms with E-state index in [1.54, 1.807) is 18.2 Å². The monoisotopic (exact) mass is 448 g/mol. The first kappa shape index (κ1) is 19.7. The topological polar surface area (TPSA) is 87.1 Å². The Morgan fingerprint density at radius 2 is 2.11 bits per heavy atom. The highest BCUT2D eigenvalue weighted by Crippen LogP contribution is 2.32. The minimum atomic E-state index is -0.246. The molecule has 1 aromatic carbocycles. The van der Waals surface area contributed by atoms with Gasteiger partial charge < -0.3 is 15.7 Å². The summed E-state index contributed by atoms with van der Waals surface area (Å²) < 4.78 is 1.59. The van der Waals surface area contributed by atoms with Crippen LogP contribution in [-0.2, 0) is 6.42 Å². The molecule has 6 nitrogen and oxygen atoms in total. The van der Waals surface area contributed by atoms with Gasteiger partial charge in [-0.1, -0.05) is 31.3 Å². The Bertz CT molecular complexity index is 958. The van der Waals surface area contributed by atoms with Crippen LogP contribution in [0.1, 0.15) is 29.9 Å². The maximum atomic E-state index is 12.6. The molecule has 0 aliphatic heterocycles. The smallest absolute Gasteiger partial charge is 0.274 e. The molecule has 2 heterocycles. The average molecular weight is 449 g/mol. The lowest BCUT2D eigenvalue weighted by Crippen LogP contribution is -2.15. The van der Waals surface area contributed by atoms with Crippen LogP contribution in [0.15, 0.2) is 34.9 Å². The molecule has 0 aliphatic carbocycles. The maximum Gasteiger partial charge on any atom is 0.274 e. The number of aliphatic hydroxyl groups is 1. The molecule has 3 N–H and O–H groups in total.